The number of hydrogen-bond acceptors (Lipinski definition) is 4. The Morgan fingerprint density at radius 2 is 1.58 bits per heavy atom. The van der Waals surface area contributed by atoms with E-state index < -0.39 is 20.5 Å². The molecule has 0 aliphatic heterocycles. The SMILES string of the molecule is C[C@H](CO[Si](C)(C)C(C)(C)C)[C@H](O)[C@H](C)C(O)CO. The second kappa shape index (κ2) is 7.18. The summed E-state index contributed by atoms with van der Waals surface area (Å²) in [5.41, 5.74) is 0. The first kappa shape index (κ1) is 19.1. The summed E-state index contributed by atoms with van der Waals surface area (Å²) in [4.78, 5) is 0. The molecule has 0 aliphatic carbocycles. The van der Waals surface area contributed by atoms with Gasteiger partial charge in [0.25, 0.3) is 0 Å². The highest BCUT2D eigenvalue weighted by Crippen LogP contribution is 2.37. The smallest absolute Gasteiger partial charge is 0.191 e. The topological polar surface area (TPSA) is 69.9 Å². The van der Waals surface area contributed by atoms with Crippen LogP contribution < -0.4 is 0 Å². The van der Waals surface area contributed by atoms with Gasteiger partial charge in [0.15, 0.2) is 8.32 Å². The van der Waals surface area contributed by atoms with Gasteiger partial charge >= 0.3 is 0 Å². The molecule has 116 valence electrons. The lowest BCUT2D eigenvalue weighted by atomic mass is 9.90. The van der Waals surface area contributed by atoms with Gasteiger partial charge in [-0.3, -0.25) is 0 Å². The van der Waals surface area contributed by atoms with Gasteiger partial charge in [-0.25, -0.2) is 0 Å². The number of rotatable bonds is 7. The molecule has 4 nitrogen and oxygen atoms in total. The third-order valence-electron chi connectivity index (χ3n) is 4.43. The minimum Gasteiger partial charge on any atom is -0.416 e. The molecule has 0 amide bonds. The molecule has 0 aromatic carbocycles. The summed E-state index contributed by atoms with van der Waals surface area (Å²) in [7, 11) is -1.81. The fraction of sp³-hybridized carbons (Fsp3) is 1.00. The van der Waals surface area contributed by atoms with Crippen molar-refractivity contribution in [3.05, 3.63) is 0 Å². The highest BCUT2D eigenvalue weighted by Gasteiger charge is 2.38. The first-order valence-electron chi connectivity index (χ1n) is 7.05. The molecule has 19 heavy (non-hydrogen) atoms. The molecule has 0 aromatic heterocycles. The zero-order valence-electron chi connectivity index (χ0n) is 13.5. The molecular weight excluding hydrogens is 260 g/mol. The summed E-state index contributed by atoms with van der Waals surface area (Å²) in [5, 5.41) is 28.8. The molecule has 0 radical (unpaired) electrons. The van der Waals surface area contributed by atoms with Crippen molar-refractivity contribution in [3.63, 3.8) is 0 Å². The normalized spacial score (nSPS) is 19.9. The molecule has 0 saturated carbocycles. The zero-order chi connectivity index (χ0) is 15.4. The summed E-state index contributed by atoms with van der Waals surface area (Å²) < 4.78 is 6.08. The van der Waals surface area contributed by atoms with E-state index in [1.54, 1.807) is 6.92 Å². The van der Waals surface area contributed by atoms with Crippen molar-refractivity contribution >= 4 is 8.32 Å². The van der Waals surface area contributed by atoms with Gasteiger partial charge in [-0.05, 0) is 18.1 Å². The van der Waals surface area contributed by atoms with E-state index in [0.717, 1.165) is 0 Å². The molecule has 4 atom stereocenters. The summed E-state index contributed by atoms with van der Waals surface area (Å²) in [6.07, 6.45) is -1.56. The predicted octanol–water partition coefficient (Wildman–Crippen LogP) is 1.99. The van der Waals surface area contributed by atoms with Crippen LogP contribution in [0.3, 0.4) is 0 Å². The van der Waals surface area contributed by atoms with Gasteiger partial charge in [0, 0.05) is 18.4 Å². The molecule has 0 spiro atoms. The van der Waals surface area contributed by atoms with E-state index in [1.165, 1.54) is 0 Å². The molecule has 0 saturated heterocycles. The van der Waals surface area contributed by atoms with Gasteiger partial charge in [0.2, 0.25) is 0 Å². The quantitative estimate of drug-likeness (QED) is 0.628. The van der Waals surface area contributed by atoms with Gasteiger partial charge in [-0.1, -0.05) is 34.6 Å². The van der Waals surface area contributed by atoms with E-state index in [0.29, 0.717) is 6.61 Å². The van der Waals surface area contributed by atoms with E-state index in [2.05, 4.69) is 33.9 Å². The molecule has 0 aromatic rings. The Labute approximate surface area is 118 Å². The number of hydrogen-bond donors (Lipinski definition) is 3. The minimum atomic E-state index is -1.81. The van der Waals surface area contributed by atoms with Gasteiger partial charge in [-0.15, -0.1) is 0 Å². The van der Waals surface area contributed by atoms with E-state index in [1.807, 2.05) is 6.92 Å². The van der Waals surface area contributed by atoms with Crippen LogP contribution in [0.1, 0.15) is 34.6 Å². The number of aliphatic hydroxyl groups is 3. The maximum Gasteiger partial charge on any atom is 0.191 e. The predicted molar refractivity (Wildman–Crippen MR) is 80.6 cm³/mol. The van der Waals surface area contributed by atoms with Crippen LogP contribution in [0.15, 0.2) is 0 Å². The summed E-state index contributed by atoms with van der Waals surface area (Å²) in [6, 6.07) is 0. The Kier molecular flexibility index (Phi) is 7.20. The van der Waals surface area contributed by atoms with Crippen LogP contribution in [0.25, 0.3) is 0 Å². The van der Waals surface area contributed by atoms with E-state index in [9.17, 15) is 10.2 Å². The maximum absolute atomic E-state index is 10.2. The highest BCUT2D eigenvalue weighted by molar-refractivity contribution is 6.74. The molecule has 3 N–H and O–H groups in total. The second-order valence-electron chi connectivity index (χ2n) is 7.15. The molecule has 0 fully saturated rings. The average molecular weight is 292 g/mol. The zero-order valence-corrected chi connectivity index (χ0v) is 14.5. The van der Waals surface area contributed by atoms with E-state index in [4.69, 9.17) is 9.53 Å². The lowest BCUT2D eigenvalue weighted by Crippen LogP contribution is -2.44. The standard InChI is InChI=1S/C14H32O4Si/c1-10(13(17)11(2)12(16)8-15)9-18-19(6,7)14(3,4)5/h10-13,15-17H,8-9H2,1-7H3/t10-,11-,12?,13+/m1/s1. The fourth-order valence-corrected chi connectivity index (χ4v) is 2.68. The van der Waals surface area contributed by atoms with Gasteiger partial charge in [0.1, 0.15) is 0 Å². The maximum atomic E-state index is 10.2. The molecule has 1 unspecified atom stereocenters. The van der Waals surface area contributed by atoms with Crippen LogP contribution in [-0.2, 0) is 4.43 Å². The second-order valence-corrected chi connectivity index (χ2v) is 12.0. The van der Waals surface area contributed by atoms with Crippen molar-refractivity contribution in [2.24, 2.45) is 11.8 Å². The molecule has 5 heteroatoms. The molecule has 0 aliphatic rings. The molecular formula is C14H32O4Si. The Balaban J connectivity index is 4.43. The van der Waals surface area contributed by atoms with Crippen molar-refractivity contribution in [3.8, 4) is 0 Å². The van der Waals surface area contributed by atoms with Crippen molar-refractivity contribution in [1.29, 1.82) is 0 Å². The van der Waals surface area contributed by atoms with Crippen LogP contribution in [-0.4, -0.2) is 49.1 Å². The molecule has 0 heterocycles. The van der Waals surface area contributed by atoms with Crippen molar-refractivity contribution in [2.75, 3.05) is 13.2 Å². The van der Waals surface area contributed by atoms with Crippen molar-refractivity contribution in [2.45, 2.75) is 65.0 Å². The Hall–Kier alpha value is 0.0569. The van der Waals surface area contributed by atoms with Gasteiger partial charge in [-0.2, -0.15) is 0 Å². The number of aliphatic hydroxyl groups excluding tert-OH is 3. The first-order chi connectivity index (χ1) is 8.44. The highest BCUT2D eigenvalue weighted by atomic mass is 28.4. The van der Waals surface area contributed by atoms with Crippen LogP contribution in [0.2, 0.25) is 18.1 Å². The van der Waals surface area contributed by atoms with Crippen LogP contribution in [0, 0.1) is 11.8 Å². The largest absolute Gasteiger partial charge is 0.416 e. The van der Waals surface area contributed by atoms with Gasteiger partial charge < -0.3 is 19.7 Å². The van der Waals surface area contributed by atoms with Crippen molar-refractivity contribution in [1.82, 2.24) is 0 Å². The van der Waals surface area contributed by atoms with E-state index >= 15 is 0 Å². The Bertz CT molecular complexity index is 263. The fourth-order valence-electron chi connectivity index (χ4n) is 1.57. The van der Waals surface area contributed by atoms with E-state index in [-0.39, 0.29) is 23.5 Å². The summed E-state index contributed by atoms with van der Waals surface area (Å²) in [6.45, 7) is 14.7. The lowest BCUT2D eigenvalue weighted by molar-refractivity contribution is -0.0368. The van der Waals surface area contributed by atoms with Gasteiger partial charge in [0.05, 0.1) is 18.8 Å². The third-order valence-corrected chi connectivity index (χ3v) is 8.93. The Morgan fingerprint density at radius 1 is 1.11 bits per heavy atom. The summed E-state index contributed by atoms with van der Waals surface area (Å²) in [5.74, 6) is -0.423. The summed E-state index contributed by atoms with van der Waals surface area (Å²) >= 11 is 0. The lowest BCUT2D eigenvalue weighted by Gasteiger charge is -2.38. The van der Waals surface area contributed by atoms with Crippen LogP contribution >= 0.6 is 0 Å². The molecule has 0 rings (SSSR count). The third kappa shape index (κ3) is 5.51. The average Bonchev–Trinajstić information content (AvgIpc) is 2.31. The van der Waals surface area contributed by atoms with Crippen LogP contribution in [0.4, 0.5) is 0 Å². The Morgan fingerprint density at radius 3 is 1.95 bits per heavy atom. The molecule has 0 bridgehead atoms. The van der Waals surface area contributed by atoms with Crippen LogP contribution in [0.5, 0.6) is 0 Å². The monoisotopic (exact) mass is 292 g/mol. The van der Waals surface area contributed by atoms with Crippen molar-refractivity contribution < 1.29 is 19.7 Å². The first-order valence-corrected chi connectivity index (χ1v) is 9.95. The minimum absolute atomic E-state index is 0.0645.